The molecule has 0 atom stereocenters. The first-order valence-electron chi connectivity index (χ1n) is 9.03. The van der Waals surface area contributed by atoms with Crippen molar-refractivity contribution >= 4 is 44.7 Å². The van der Waals surface area contributed by atoms with Crippen molar-refractivity contribution in [3.05, 3.63) is 94.3 Å². The van der Waals surface area contributed by atoms with Crippen LogP contribution in [-0.2, 0) is 9.59 Å². The molecule has 4 rings (SSSR count). The highest BCUT2D eigenvalue weighted by Crippen LogP contribution is 2.34. The zero-order valence-corrected chi connectivity index (χ0v) is 17.4. The molecule has 1 aliphatic heterocycles. The Morgan fingerprint density at radius 1 is 0.933 bits per heavy atom. The van der Waals surface area contributed by atoms with Gasteiger partial charge in [-0.3, -0.25) is 9.59 Å². The molecule has 2 amide bonds. The summed E-state index contributed by atoms with van der Waals surface area (Å²) in [5, 5.41) is 3.07. The van der Waals surface area contributed by atoms with Gasteiger partial charge in [0.25, 0.3) is 11.8 Å². The molecule has 3 aromatic carbocycles. The fraction of sp³-hybridized carbons (Fsp3) is 0.0435. The first-order chi connectivity index (χ1) is 14.5. The highest BCUT2D eigenvalue weighted by atomic mass is 79.9. The molecule has 0 fully saturated rings. The van der Waals surface area contributed by atoms with E-state index in [0.717, 1.165) is 15.4 Å². The van der Waals surface area contributed by atoms with Gasteiger partial charge in [0.15, 0.2) is 0 Å². The lowest BCUT2D eigenvalue weighted by atomic mass is 10.0. The lowest BCUT2D eigenvalue weighted by molar-refractivity contribution is -0.120. The third-order valence-electron chi connectivity index (χ3n) is 4.62. The predicted octanol–water partition coefficient (Wildman–Crippen LogP) is 4.99. The number of halogens is 2. The summed E-state index contributed by atoms with van der Waals surface area (Å²) in [4.78, 5) is 27.5. The van der Waals surface area contributed by atoms with Crippen LogP contribution in [0.25, 0.3) is 5.57 Å². The maximum Gasteiger partial charge on any atom is 0.282 e. The van der Waals surface area contributed by atoms with Crippen molar-refractivity contribution in [3.8, 4) is 5.75 Å². The predicted molar refractivity (Wildman–Crippen MR) is 117 cm³/mol. The molecular formula is C23H16BrFN2O3. The summed E-state index contributed by atoms with van der Waals surface area (Å²) in [5.74, 6) is -1.00. The van der Waals surface area contributed by atoms with Gasteiger partial charge in [0.1, 0.15) is 17.3 Å². The van der Waals surface area contributed by atoms with Crippen LogP contribution in [0.4, 0.5) is 15.8 Å². The van der Waals surface area contributed by atoms with E-state index in [9.17, 15) is 14.0 Å². The number of imide groups is 1. The Kier molecular flexibility index (Phi) is 5.37. The summed E-state index contributed by atoms with van der Waals surface area (Å²) in [6, 6.07) is 19.5. The van der Waals surface area contributed by atoms with Crippen molar-refractivity contribution in [1.29, 1.82) is 0 Å². The fourth-order valence-electron chi connectivity index (χ4n) is 3.23. The van der Waals surface area contributed by atoms with Crippen molar-refractivity contribution in [3.63, 3.8) is 0 Å². The first-order valence-corrected chi connectivity index (χ1v) is 9.83. The van der Waals surface area contributed by atoms with Crippen LogP contribution >= 0.6 is 15.9 Å². The van der Waals surface area contributed by atoms with Gasteiger partial charge in [0.2, 0.25) is 0 Å². The van der Waals surface area contributed by atoms with Gasteiger partial charge in [-0.2, -0.15) is 0 Å². The van der Waals surface area contributed by atoms with Gasteiger partial charge in [-0.05, 0) is 54.1 Å². The number of carbonyl (C=O) groups excluding carboxylic acids is 2. The van der Waals surface area contributed by atoms with Gasteiger partial charge in [-0.15, -0.1) is 0 Å². The van der Waals surface area contributed by atoms with Gasteiger partial charge in [-0.1, -0.05) is 40.2 Å². The lowest BCUT2D eigenvalue weighted by Gasteiger charge is -2.15. The molecule has 0 aromatic heterocycles. The van der Waals surface area contributed by atoms with E-state index < -0.39 is 17.6 Å². The summed E-state index contributed by atoms with van der Waals surface area (Å²) in [6.45, 7) is 0. The molecular weight excluding hydrogens is 451 g/mol. The molecule has 0 saturated carbocycles. The number of nitrogens with one attached hydrogen (secondary N) is 1. The Morgan fingerprint density at radius 2 is 1.67 bits per heavy atom. The molecule has 1 N–H and O–H groups in total. The fourth-order valence-corrected chi connectivity index (χ4v) is 3.63. The standard InChI is InChI=1S/C23H16BrFN2O3/c1-30-19-10-8-14(9-11-19)20-21(26-17-6-2-4-15(24)12-17)23(29)27(22(20)28)18-7-3-5-16(25)13-18/h2-13,26H,1H3. The Balaban J connectivity index is 1.82. The van der Waals surface area contributed by atoms with E-state index in [1.165, 1.54) is 18.2 Å². The van der Waals surface area contributed by atoms with Gasteiger partial charge < -0.3 is 10.1 Å². The van der Waals surface area contributed by atoms with Crippen LogP contribution < -0.4 is 15.0 Å². The van der Waals surface area contributed by atoms with Crippen molar-refractivity contribution < 1.29 is 18.7 Å². The average Bonchev–Trinajstić information content (AvgIpc) is 2.97. The SMILES string of the molecule is COc1ccc(C2=C(Nc3cccc(Br)c3)C(=O)N(c3cccc(F)c3)C2=O)cc1. The van der Waals surface area contributed by atoms with Crippen molar-refractivity contribution in [2.75, 3.05) is 17.3 Å². The quantitative estimate of drug-likeness (QED) is 0.537. The summed E-state index contributed by atoms with van der Waals surface area (Å²) < 4.78 is 19.8. The number of rotatable bonds is 5. The Bertz CT molecular complexity index is 1180. The monoisotopic (exact) mass is 466 g/mol. The van der Waals surface area contributed by atoms with Crippen LogP contribution in [0.2, 0.25) is 0 Å². The van der Waals surface area contributed by atoms with E-state index in [0.29, 0.717) is 17.0 Å². The number of benzene rings is 3. The molecule has 7 heteroatoms. The second-order valence-electron chi connectivity index (χ2n) is 6.54. The zero-order chi connectivity index (χ0) is 21.3. The van der Waals surface area contributed by atoms with E-state index in [-0.39, 0.29) is 17.0 Å². The molecule has 0 spiro atoms. The molecule has 3 aromatic rings. The van der Waals surface area contributed by atoms with Crippen LogP contribution in [0.15, 0.2) is 83.0 Å². The van der Waals surface area contributed by atoms with E-state index >= 15 is 0 Å². The number of hydrogen-bond acceptors (Lipinski definition) is 4. The molecule has 0 saturated heterocycles. The van der Waals surface area contributed by atoms with Crippen LogP contribution in [0.1, 0.15) is 5.56 Å². The number of amides is 2. The second-order valence-corrected chi connectivity index (χ2v) is 7.46. The number of hydrogen-bond donors (Lipinski definition) is 1. The Labute approximate surface area is 180 Å². The molecule has 5 nitrogen and oxygen atoms in total. The van der Waals surface area contributed by atoms with E-state index in [1.54, 1.807) is 43.5 Å². The molecule has 30 heavy (non-hydrogen) atoms. The van der Waals surface area contributed by atoms with Crippen LogP contribution in [0.3, 0.4) is 0 Å². The minimum absolute atomic E-state index is 0.118. The lowest BCUT2D eigenvalue weighted by Crippen LogP contribution is -2.32. The number of nitrogens with zero attached hydrogens (tertiary/aromatic N) is 1. The summed E-state index contributed by atoms with van der Waals surface area (Å²) in [6.07, 6.45) is 0. The molecule has 0 aliphatic carbocycles. The van der Waals surface area contributed by atoms with Crippen LogP contribution in [0, 0.1) is 5.82 Å². The van der Waals surface area contributed by atoms with Gasteiger partial charge in [0, 0.05) is 10.2 Å². The molecule has 1 aliphatic rings. The zero-order valence-electron chi connectivity index (χ0n) is 15.9. The number of ether oxygens (including phenoxy) is 1. The van der Waals surface area contributed by atoms with Crippen LogP contribution in [-0.4, -0.2) is 18.9 Å². The first kappa shape index (κ1) is 19.8. The summed E-state index contributed by atoms with van der Waals surface area (Å²) >= 11 is 3.40. The highest BCUT2D eigenvalue weighted by Gasteiger charge is 2.40. The van der Waals surface area contributed by atoms with Crippen molar-refractivity contribution in [2.24, 2.45) is 0 Å². The maximum atomic E-state index is 13.8. The largest absolute Gasteiger partial charge is 0.497 e. The van der Waals surface area contributed by atoms with E-state index in [4.69, 9.17) is 4.74 Å². The van der Waals surface area contributed by atoms with Crippen molar-refractivity contribution in [1.82, 2.24) is 0 Å². The van der Waals surface area contributed by atoms with E-state index in [2.05, 4.69) is 21.2 Å². The summed E-state index contributed by atoms with van der Waals surface area (Å²) in [7, 11) is 1.55. The second kappa shape index (κ2) is 8.12. The van der Waals surface area contributed by atoms with Crippen molar-refractivity contribution in [2.45, 2.75) is 0 Å². The maximum absolute atomic E-state index is 13.8. The number of anilines is 2. The molecule has 0 radical (unpaired) electrons. The molecule has 1 heterocycles. The molecule has 150 valence electrons. The highest BCUT2D eigenvalue weighted by molar-refractivity contribution is 9.10. The minimum Gasteiger partial charge on any atom is -0.497 e. The third-order valence-corrected chi connectivity index (χ3v) is 5.12. The summed E-state index contributed by atoms with van der Waals surface area (Å²) in [5.41, 5.74) is 1.67. The molecule has 0 bridgehead atoms. The minimum atomic E-state index is -0.559. The van der Waals surface area contributed by atoms with Gasteiger partial charge >= 0.3 is 0 Å². The van der Waals surface area contributed by atoms with Gasteiger partial charge in [-0.25, -0.2) is 9.29 Å². The average molecular weight is 467 g/mol. The topological polar surface area (TPSA) is 58.6 Å². The van der Waals surface area contributed by atoms with E-state index in [1.807, 2.05) is 12.1 Å². The third kappa shape index (κ3) is 3.71. The smallest absolute Gasteiger partial charge is 0.282 e. The Morgan fingerprint density at radius 3 is 2.33 bits per heavy atom. The number of carbonyl (C=O) groups is 2. The Hall–Kier alpha value is -3.45. The number of methoxy groups -OCH3 is 1. The van der Waals surface area contributed by atoms with Crippen LogP contribution in [0.5, 0.6) is 5.75 Å². The molecule has 0 unspecified atom stereocenters. The van der Waals surface area contributed by atoms with Gasteiger partial charge in [0.05, 0.1) is 18.4 Å². The normalized spacial score (nSPS) is 13.8.